The number of carbonyl (C=O) groups is 3. The van der Waals surface area contributed by atoms with Crippen molar-refractivity contribution in [1.29, 1.82) is 0 Å². The lowest BCUT2D eigenvalue weighted by atomic mass is 10.3. The molecule has 0 unspecified atom stereocenters. The number of rotatable bonds is 4. The minimum atomic E-state index is -0.683. The summed E-state index contributed by atoms with van der Waals surface area (Å²) < 4.78 is 9.41. The standard InChI is InChI=1S/C11H13NO5S/c1-3-16-9(13)5-8-12-6-7(11(15)18-8)10(14)17-4-2/h5-6,12H,3-4H2,1-2H3/b8-5-. The van der Waals surface area contributed by atoms with E-state index in [2.05, 4.69) is 5.32 Å². The zero-order valence-corrected chi connectivity index (χ0v) is 10.8. The Morgan fingerprint density at radius 3 is 2.56 bits per heavy atom. The molecule has 18 heavy (non-hydrogen) atoms. The van der Waals surface area contributed by atoms with Crippen LogP contribution in [0.5, 0.6) is 0 Å². The molecule has 0 bridgehead atoms. The molecule has 0 aromatic heterocycles. The first-order valence-electron chi connectivity index (χ1n) is 5.33. The Labute approximate surface area is 108 Å². The van der Waals surface area contributed by atoms with Gasteiger partial charge >= 0.3 is 11.9 Å². The second-order valence-corrected chi connectivity index (χ2v) is 4.09. The van der Waals surface area contributed by atoms with Gasteiger partial charge in [-0.3, -0.25) is 4.79 Å². The van der Waals surface area contributed by atoms with Crippen LogP contribution in [0.2, 0.25) is 0 Å². The summed E-state index contributed by atoms with van der Waals surface area (Å²) in [7, 11) is 0. The van der Waals surface area contributed by atoms with Crippen molar-refractivity contribution in [1.82, 2.24) is 5.32 Å². The van der Waals surface area contributed by atoms with Crippen LogP contribution in [-0.4, -0.2) is 30.3 Å². The molecule has 0 aromatic carbocycles. The molecule has 1 N–H and O–H groups in total. The normalized spacial score (nSPS) is 16.9. The van der Waals surface area contributed by atoms with Crippen LogP contribution < -0.4 is 5.32 Å². The van der Waals surface area contributed by atoms with Crippen molar-refractivity contribution in [2.75, 3.05) is 13.2 Å². The highest BCUT2D eigenvalue weighted by Gasteiger charge is 2.25. The van der Waals surface area contributed by atoms with Crippen molar-refractivity contribution >= 4 is 28.8 Å². The van der Waals surface area contributed by atoms with E-state index in [9.17, 15) is 14.4 Å². The molecular formula is C11H13NO5S. The highest BCUT2D eigenvalue weighted by molar-refractivity contribution is 8.17. The number of hydrogen-bond donors (Lipinski definition) is 1. The average molecular weight is 271 g/mol. The molecule has 0 amide bonds. The number of carbonyl (C=O) groups excluding carboxylic acids is 3. The van der Waals surface area contributed by atoms with Crippen LogP contribution in [0.4, 0.5) is 0 Å². The van der Waals surface area contributed by atoms with Gasteiger partial charge < -0.3 is 14.8 Å². The van der Waals surface area contributed by atoms with Crippen molar-refractivity contribution < 1.29 is 23.9 Å². The fourth-order valence-corrected chi connectivity index (χ4v) is 1.82. The van der Waals surface area contributed by atoms with Gasteiger partial charge in [0, 0.05) is 6.20 Å². The minimum absolute atomic E-state index is 0.0807. The lowest BCUT2D eigenvalue weighted by Gasteiger charge is -2.14. The molecule has 0 fully saturated rings. The molecule has 1 rings (SSSR count). The Kier molecular flexibility index (Phi) is 5.44. The van der Waals surface area contributed by atoms with Gasteiger partial charge in [0.2, 0.25) is 5.12 Å². The second-order valence-electron chi connectivity index (χ2n) is 3.07. The first-order chi connectivity index (χ1) is 8.58. The number of thioether (sulfide) groups is 1. The zero-order chi connectivity index (χ0) is 13.5. The van der Waals surface area contributed by atoms with Crippen LogP contribution >= 0.6 is 11.8 Å². The molecule has 1 heterocycles. The summed E-state index contributed by atoms with van der Waals surface area (Å²) in [6.45, 7) is 3.78. The van der Waals surface area contributed by atoms with Gasteiger partial charge in [0.1, 0.15) is 5.57 Å². The summed E-state index contributed by atoms with van der Waals surface area (Å²) in [4.78, 5) is 34.1. The van der Waals surface area contributed by atoms with E-state index in [4.69, 9.17) is 9.47 Å². The summed E-state index contributed by atoms with van der Waals surface area (Å²) in [5.74, 6) is -1.23. The molecule has 0 aromatic rings. The Morgan fingerprint density at radius 2 is 2.00 bits per heavy atom. The molecule has 0 radical (unpaired) electrons. The monoisotopic (exact) mass is 271 g/mol. The van der Waals surface area contributed by atoms with Crippen LogP contribution in [-0.2, 0) is 23.9 Å². The van der Waals surface area contributed by atoms with E-state index in [1.54, 1.807) is 13.8 Å². The molecule has 0 spiro atoms. The van der Waals surface area contributed by atoms with Crippen LogP contribution in [0, 0.1) is 0 Å². The van der Waals surface area contributed by atoms with Gasteiger partial charge in [-0.2, -0.15) is 0 Å². The van der Waals surface area contributed by atoms with E-state index < -0.39 is 17.1 Å². The maximum absolute atomic E-state index is 11.6. The summed E-state index contributed by atoms with van der Waals surface area (Å²) >= 11 is 0.744. The fraction of sp³-hybridized carbons (Fsp3) is 0.364. The summed E-state index contributed by atoms with van der Waals surface area (Å²) in [6.07, 6.45) is 2.38. The van der Waals surface area contributed by atoms with Crippen LogP contribution in [0.15, 0.2) is 22.9 Å². The third-order valence-electron chi connectivity index (χ3n) is 1.81. The van der Waals surface area contributed by atoms with Gasteiger partial charge in [-0.05, 0) is 25.6 Å². The molecule has 1 aliphatic heterocycles. The minimum Gasteiger partial charge on any atom is -0.463 e. The van der Waals surface area contributed by atoms with E-state index in [0.29, 0.717) is 5.03 Å². The van der Waals surface area contributed by atoms with Gasteiger partial charge in [0.15, 0.2) is 0 Å². The van der Waals surface area contributed by atoms with Crippen molar-refractivity contribution in [2.45, 2.75) is 13.8 Å². The largest absolute Gasteiger partial charge is 0.463 e. The average Bonchev–Trinajstić information content (AvgIpc) is 2.29. The first kappa shape index (κ1) is 14.3. The number of hydrogen-bond acceptors (Lipinski definition) is 7. The van der Waals surface area contributed by atoms with Crippen LogP contribution in [0.25, 0.3) is 0 Å². The van der Waals surface area contributed by atoms with E-state index in [1.807, 2.05) is 0 Å². The molecule has 0 saturated carbocycles. The van der Waals surface area contributed by atoms with Crippen molar-refractivity contribution in [3.8, 4) is 0 Å². The third-order valence-corrected chi connectivity index (χ3v) is 2.67. The fourth-order valence-electron chi connectivity index (χ4n) is 1.10. The summed E-state index contributed by atoms with van der Waals surface area (Å²) in [5.41, 5.74) is -0.0807. The lowest BCUT2D eigenvalue weighted by molar-refractivity contribution is -0.139. The smallest absolute Gasteiger partial charge is 0.344 e. The Morgan fingerprint density at radius 1 is 1.33 bits per heavy atom. The number of nitrogens with one attached hydrogen (secondary N) is 1. The quantitative estimate of drug-likeness (QED) is 0.458. The van der Waals surface area contributed by atoms with Gasteiger partial charge in [-0.15, -0.1) is 0 Å². The van der Waals surface area contributed by atoms with Gasteiger partial charge in [0.05, 0.1) is 24.3 Å². The summed E-state index contributed by atoms with van der Waals surface area (Å²) in [6, 6.07) is 0. The van der Waals surface area contributed by atoms with Gasteiger partial charge in [0.25, 0.3) is 0 Å². The molecular weight excluding hydrogens is 258 g/mol. The SMILES string of the molecule is CCOC(=O)/C=C1/NC=C(C(=O)OCC)C(=O)S1. The number of ether oxygens (including phenoxy) is 2. The van der Waals surface area contributed by atoms with Crippen LogP contribution in [0.3, 0.4) is 0 Å². The van der Waals surface area contributed by atoms with Gasteiger partial charge in [-0.1, -0.05) is 0 Å². The molecule has 0 atom stereocenters. The van der Waals surface area contributed by atoms with Crippen molar-refractivity contribution in [2.24, 2.45) is 0 Å². The molecule has 0 aliphatic carbocycles. The Hall–Kier alpha value is -1.76. The maximum Gasteiger partial charge on any atom is 0.344 e. The van der Waals surface area contributed by atoms with E-state index in [1.165, 1.54) is 6.20 Å². The second kappa shape index (κ2) is 6.85. The summed E-state index contributed by atoms with van der Waals surface area (Å²) in [5, 5.41) is 2.51. The molecule has 98 valence electrons. The molecule has 7 heteroatoms. The topological polar surface area (TPSA) is 81.7 Å². The molecule has 0 saturated heterocycles. The predicted octanol–water partition coefficient (Wildman–Crippen LogP) is 0.701. The lowest BCUT2D eigenvalue weighted by Crippen LogP contribution is -2.22. The highest BCUT2D eigenvalue weighted by atomic mass is 32.2. The van der Waals surface area contributed by atoms with Crippen molar-refractivity contribution in [3.05, 3.63) is 22.9 Å². The third kappa shape index (κ3) is 3.92. The number of esters is 2. The van der Waals surface area contributed by atoms with Crippen molar-refractivity contribution in [3.63, 3.8) is 0 Å². The zero-order valence-electron chi connectivity index (χ0n) is 10.0. The molecule has 6 nitrogen and oxygen atoms in total. The Bertz CT molecular complexity index is 427. The molecule has 1 aliphatic rings. The van der Waals surface area contributed by atoms with Gasteiger partial charge in [-0.25, -0.2) is 9.59 Å². The van der Waals surface area contributed by atoms with E-state index in [0.717, 1.165) is 17.8 Å². The Balaban J connectivity index is 2.72. The predicted molar refractivity (Wildman–Crippen MR) is 65.2 cm³/mol. The van der Waals surface area contributed by atoms with E-state index >= 15 is 0 Å². The maximum atomic E-state index is 11.6. The highest BCUT2D eigenvalue weighted by Crippen LogP contribution is 2.23. The van der Waals surface area contributed by atoms with E-state index in [-0.39, 0.29) is 18.8 Å². The van der Waals surface area contributed by atoms with Crippen LogP contribution in [0.1, 0.15) is 13.8 Å². The first-order valence-corrected chi connectivity index (χ1v) is 6.14.